The molecule has 2 rings (SSSR count). The van der Waals surface area contributed by atoms with Crippen LogP contribution in [-0.4, -0.2) is 18.5 Å². The van der Waals surface area contributed by atoms with Crippen LogP contribution < -0.4 is 0 Å². The smallest absolute Gasteiger partial charge is 0.135 e. The van der Waals surface area contributed by atoms with E-state index < -0.39 is 0 Å². The van der Waals surface area contributed by atoms with Gasteiger partial charge in [0.1, 0.15) is 5.78 Å². The number of carbonyl (C=O) groups is 1. The van der Waals surface area contributed by atoms with Gasteiger partial charge in [-0.2, -0.15) is 0 Å². The summed E-state index contributed by atoms with van der Waals surface area (Å²) in [5, 5.41) is 0. The summed E-state index contributed by atoms with van der Waals surface area (Å²) < 4.78 is 5.59. The van der Waals surface area contributed by atoms with Crippen LogP contribution in [0.1, 0.15) is 45.4 Å². The molecule has 2 aliphatic rings. The molecule has 0 aromatic rings. The van der Waals surface area contributed by atoms with Crippen LogP contribution in [0, 0.1) is 11.8 Å². The molecule has 0 spiro atoms. The lowest BCUT2D eigenvalue weighted by molar-refractivity contribution is -0.120. The first kappa shape index (κ1) is 10.2. The van der Waals surface area contributed by atoms with Crippen molar-refractivity contribution >= 4 is 5.78 Å². The highest BCUT2D eigenvalue weighted by atomic mass is 16.5. The van der Waals surface area contributed by atoms with Crippen molar-refractivity contribution in [2.45, 2.75) is 51.6 Å². The molecule has 1 aliphatic carbocycles. The lowest BCUT2D eigenvalue weighted by Gasteiger charge is -2.16. The van der Waals surface area contributed by atoms with E-state index in [-0.39, 0.29) is 0 Å². The molecule has 2 fully saturated rings. The van der Waals surface area contributed by atoms with Gasteiger partial charge in [-0.05, 0) is 38.0 Å². The summed E-state index contributed by atoms with van der Waals surface area (Å²) in [6, 6.07) is 0. The molecular weight excluding hydrogens is 176 g/mol. The van der Waals surface area contributed by atoms with Crippen molar-refractivity contribution in [3.8, 4) is 0 Å². The minimum absolute atomic E-state index is 0.316. The zero-order chi connectivity index (χ0) is 9.97. The zero-order valence-corrected chi connectivity index (χ0v) is 9.00. The first-order chi connectivity index (χ1) is 6.77. The average Bonchev–Trinajstić information content (AvgIpc) is 2.77. The van der Waals surface area contributed by atoms with Crippen molar-refractivity contribution in [2.24, 2.45) is 11.8 Å². The lowest BCUT2D eigenvalue weighted by Crippen LogP contribution is -2.13. The molecular formula is C12H20O2. The first-order valence-corrected chi connectivity index (χ1v) is 5.91. The number of carbonyl (C=O) groups excluding carboxylic acids is 1. The first-order valence-electron chi connectivity index (χ1n) is 5.91. The normalized spacial score (nSPS) is 38.1. The van der Waals surface area contributed by atoms with Gasteiger partial charge in [-0.15, -0.1) is 0 Å². The number of ether oxygens (including phenoxy) is 1. The molecule has 0 radical (unpaired) electrons. The molecule has 0 N–H and O–H groups in total. The third-order valence-corrected chi connectivity index (χ3v) is 3.86. The average molecular weight is 196 g/mol. The predicted octanol–water partition coefficient (Wildman–Crippen LogP) is 2.56. The van der Waals surface area contributed by atoms with Gasteiger partial charge in [-0.1, -0.05) is 6.92 Å². The monoisotopic (exact) mass is 196 g/mol. The number of Topliss-reactive ketones (excluding diaryl/α,β-unsaturated/α-hetero) is 1. The fraction of sp³-hybridized carbons (Fsp3) is 0.917. The highest BCUT2D eigenvalue weighted by Gasteiger charge is 2.31. The van der Waals surface area contributed by atoms with E-state index in [0.29, 0.717) is 23.7 Å². The Kier molecular flexibility index (Phi) is 3.22. The van der Waals surface area contributed by atoms with E-state index in [0.717, 1.165) is 19.4 Å². The van der Waals surface area contributed by atoms with Crippen LogP contribution in [0.4, 0.5) is 0 Å². The maximum absolute atomic E-state index is 11.3. The molecule has 1 saturated heterocycles. The van der Waals surface area contributed by atoms with E-state index in [1.54, 1.807) is 0 Å². The lowest BCUT2D eigenvalue weighted by atomic mass is 9.91. The Morgan fingerprint density at radius 1 is 1.36 bits per heavy atom. The van der Waals surface area contributed by atoms with Gasteiger partial charge in [0.2, 0.25) is 0 Å². The largest absolute Gasteiger partial charge is 0.378 e. The molecule has 0 aromatic carbocycles. The maximum atomic E-state index is 11.3. The zero-order valence-electron chi connectivity index (χ0n) is 9.00. The molecule has 80 valence electrons. The van der Waals surface area contributed by atoms with E-state index in [1.807, 2.05) is 0 Å². The highest BCUT2D eigenvalue weighted by Crippen LogP contribution is 2.33. The van der Waals surface area contributed by atoms with Crippen molar-refractivity contribution in [3.05, 3.63) is 0 Å². The van der Waals surface area contributed by atoms with Gasteiger partial charge >= 0.3 is 0 Å². The minimum Gasteiger partial charge on any atom is -0.378 e. The van der Waals surface area contributed by atoms with Crippen molar-refractivity contribution in [2.75, 3.05) is 6.61 Å². The topological polar surface area (TPSA) is 26.3 Å². The second-order valence-corrected chi connectivity index (χ2v) is 4.77. The number of ketones is 1. The maximum Gasteiger partial charge on any atom is 0.135 e. The van der Waals surface area contributed by atoms with E-state index in [1.165, 1.54) is 25.7 Å². The molecule has 1 saturated carbocycles. The number of hydrogen-bond donors (Lipinski definition) is 0. The Balaban J connectivity index is 1.72. The van der Waals surface area contributed by atoms with Crippen molar-refractivity contribution in [1.29, 1.82) is 0 Å². The molecule has 0 aromatic heterocycles. The van der Waals surface area contributed by atoms with Crippen molar-refractivity contribution in [1.82, 2.24) is 0 Å². The molecule has 1 heterocycles. The molecule has 0 amide bonds. The van der Waals surface area contributed by atoms with Gasteiger partial charge in [0.15, 0.2) is 0 Å². The van der Waals surface area contributed by atoms with E-state index in [9.17, 15) is 4.79 Å². The second-order valence-electron chi connectivity index (χ2n) is 4.77. The Morgan fingerprint density at radius 2 is 2.21 bits per heavy atom. The van der Waals surface area contributed by atoms with Gasteiger partial charge in [0.05, 0.1) is 6.10 Å². The Labute approximate surface area is 86.0 Å². The minimum atomic E-state index is 0.316. The molecule has 3 unspecified atom stereocenters. The summed E-state index contributed by atoms with van der Waals surface area (Å²) in [6.45, 7) is 3.04. The van der Waals surface area contributed by atoms with Crippen LogP contribution in [0.2, 0.25) is 0 Å². The van der Waals surface area contributed by atoms with Crippen LogP contribution in [-0.2, 0) is 9.53 Å². The summed E-state index contributed by atoms with van der Waals surface area (Å²) in [4.78, 5) is 11.3. The predicted molar refractivity (Wildman–Crippen MR) is 55.1 cm³/mol. The second kappa shape index (κ2) is 4.43. The Bertz CT molecular complexity index is 206. The molecule has 1 aliphatic heterocycles. The number of rotatable bonds is 3. The Morgan fingerprint density at radius 3 is 2.79 bits per heavy atom. The van der Waals surface area contributed by atoms with Gasteiger partial charge in [-0.3, -0.25) is 4.79 Å². The van der Waals surface area contributed by atoms with Crippen molar-refractivity contribution < 1.29 is 9.53 Å². The summed E-state index contributed by atoms with van der Waals surface area (Å²) in [5.41, 5.74) is 0. The van der Waals surface area contributed by atoms with Gasteiger partial charge in [0, 0.05) is 18.9 Å². The van der Waals surface area contributed by atoms with Gasteiger partial charge in [0.25, 0.3) is 0 Å². The fourth-order valence-electron chi connectivity index (χ4n) is 2.73. The number of hydrogen-bond acceptors (Lipinski definition) is 2. The molecule has 2 nitrogen and oxygen atoms in total. The molecule has 14 heavy (non-hydrogen) atoms. The summed E-state index contributed by atoms with van der Waals surface area (Å²) in [5.74, 6) is 1.44. The standard InChI is InChI=1S/C12H20O2/c1-9-10(5-7-12(9)13)4-6-11-3-2-8-14-11/h9-11H,2-8H2,1H3. The van der Waals surface area contributed by atoms with Gasteiger partial charge < -0.3 is 4.74 Å². The Hall–Kier alpha value is -0.370. The van der Waals surface area contributed by atoms with Crippen LogP contribution >= 0.6 is 0 Å². The summed E-state index contributed by atoms with van der Waals surface area (Å²) >= 11 is 0. The SMILES string of the molecule is CC1C(=O)CCC1CCC1CCCO1. The fourth-order valence-corrected chi connectivity index (χ4v) is 2.73. The molecule has 0 bridgehead atoms. The third-order valence-electron chi connectivity index (χ3n) is 3.86. The quantitative estimate of drug-likeness (QED) is 0.693. The van der Waals surface area contributed by atoms with E-state index in [2.05, 4.69) is 6.92 Å². The van der Waals surface area contributed by atoms with E-state index >= 15 is 0 Å². The van der Waals surface area contributed by atoms with Crippen LogP contribution in [0.3, 0.4) is 0 Å². The van der Waals surface area contributed by atoms with Crippen LogP contribution in [0.25, 0.3) is 0 Å². The summed E-state index contributed by atoms with van der Waals surface area (Å²) in [7, 11) is 0. The third kappa shape index (κ3) is 2.17. The van der Waals surface area contributed by atoms with Crippen molar-refractivity contribution in [3.63, 3.8) is 0 Å². The summed E-state index contributed by atoms with van der Waals surface area (Å²) in [6.07, 6.45) is 7.25. The molecule has 3 atom stereocenters. The van der Waals surface area contributed by atoms with E-state index in [4.69, 9.17) is 4.74 Å². The van der Waals surface area contributed by atoms with Crippen LogP contribution in [0.5, 0.6) is 0 Å². The van der Waals surface area contributed by atoms with Crippen LogP contribution in [0.15, 0.2) is 0 Å². The van der Waals surface area contributed by atoms with Gasteiger partial charge in [-0.25, -0.2) is 0 Å². The molecule has 2 heteroatoms. The highest BCUT2D eigenvalue weighted by molar-refractivity contribution is 5.82.